The summed E-state index contributed by atoms with van der Waals surface area (Å²) in [4.78, 5) is 131. The first kappa shape index (κ1) is 71.8. The summed E-state index contributed by atoms with van der Waals surface area (Å²) in [5.41, 5.74) is 12.0. The van der Waals surface area contributed by atoms with E-state index in [0.29, 0.717) is 54.6 Å². The van der Waals surface area contributed by atoms with Crippen LogP contribution >= 0.6 is 11.3 Å². The van der Waals surface area contributed by atoms with Gasteiger partial charge < -0.3 is 52.6 Å². The van der Waals surface area contributed by atoms with E-state index < -0.39 is 89.4 Å². The van der Waals surface area contributed by atoms with Gasteiger partial charge in [-0.3, -0.25) is 48.6 Å². The van der Waals surface area contributed by atoms with Gasteiger partial charge in [-0.15, -0.1) is 23.7 Å². The van der Waals surface area contributed by atoms with E-state index in [1.54, 1.807) is 76.2 Å². The number of hydrogen-bond acceptors (Lipinski definition) is 16. The van der Waals surface area contributed by atoms with E-state index in [1.807, 2.05) is 39.6 Å². The molecule has 0 unspecified atom stereocenters. The number of carboxylic acids is 1. The van der Waals surface area contributed by atoms with Crippen molar-refractivity contribution in [1.29, 1.82) is 0 Å². The third-order valence-corrected chi connectivity index (χ3v) is 16.1. The quantitative estimate of drug-likeness (QED) is 0.0128. The Bertz CT molecular complexity index is 2820. The summed E-state index contributed by atoms with van der Waals surface area (Å²) in [6, 6.07) is 7.94. The van der Waals surface area contributed by atoms with Crippen LogP contribution in [0.15, 0.2) is 53.9 Å². The van der Waals surface area contributed by atoms with Gasteiger partial charge in [-0.1, -0.05) is 78.6 Å². The van der Waals surface area contributed by atoms with E-state index in [-0.39, 0.29) is 85.8 Å². The number of esters is 1. The summed E-state index contributed by atoms with van der Waals surface area (Å²) >= 11 is 1.08. The lowest BCUT2D eigenvalue weighted by Gasteiger charge is -2.39. The molecule has 11 N–H and O–H groups in total. The maximum atomic E-state index is 14.9. The van der Waals surface area contributed by atoms with Crippen LogP contribution in [0.25, 0.3) is 0 Å². The number of aliphatic carboxylic acids is 1. The van der Waals surface area contributed by atoms with Crippen molar-refractivity contribution in [3.8, 4) is 12.3 Å². The summed E-state index contributed by atoms with van der Waals surface area (Å²) in [7, 11) is 1.90. The average molecular weight is 1230 g/mol. The number of nitrogens with zero attached hydrogens (tertiary/aromatic N) is 3. The van der Waals surface area contributed by atoms with Gasteiger partial charge in [-0.05, 0) is 126 Å². The number of primary amides is 1. The third kappa shape index (κ3) is 23.5. The molecule has 0 saturated carbocycles. The molecular weight excluding hydrogens is 1140 g/mol. The van der Waals surface area contributed by atoms with Crippen LogP contribution in [-0.4, -0.2) is 137 Å². The zero-order chi connectivity index (χ0) is 64.5. The highest BCUT2D eigenvalue weighted by Gasteiger charge is 2.40. The fraction of sp³-hybridized carbons (Fsp3) is 0.581. The Morgan fingerprint density at radius 3 is 2.14 bits per heavy atom. The number of terminal acetylenes is 1. The second-order valence-electron chi connectivity index (χ2n) is 23.5. The van der Waals surface area contributed by atoms with Crippen LogP contribution in [0, 0.1) is 35.5 Å². The predicted octanol–water partition coefficient (Wildman–Crippen LogP) is 6.80. The number of rotatable bonds is 34. The Morgan fingerprint density at radius 2 is 1.55 bits per heavy atom. The minimum Gasteiger partial charge on any atom is -0.481 e. The predicted molar refractivity (Wildman–Crippen MR) is 330 cm³/mol. The molecule has 87 heavy (non-hydrogen) atoms. The highest BCUT2D eigenvalue weighted by Crippen LogP contribution is 2.33. The van der Waals surface area contributed by atoms with Crippen LogP contribution in [0.1, 0.15) is 159 Å². The minimum atomic E-state index is -1.27. The van der Waals surface area contributed by atoms with Crippen molar-refractivity contribution in [3.05, 3.63) is 75.7 Å². The molecule has 1 aliphatic heterocycles. The Hall–Kier alpha value is -7.66. The number of unbranched alkanes of at least 4 members (excludes halogenated alkanes) is 1. The van der Waals surface area contributed by atoms with Gasteiger partial charge in [-0.25, -0.2) is 19.6 Å². The fourth-order valence-electron chi connectivity index (χ4n) is 9.65. The van der Waals surface area contributed by atoms with E-state index in [0.717, 1.165) is 30.7 Å². The number of nitrogens with two attached hydrogens (primary N) is 2. The maximum Gasteiger partial charge on any atom is 0.411 e. The number of piperidine rings is 1. The second-order valence-corrected chi connectivity index (χ2v) is 24.4. The van der Waals surface area contributed by atoms with E-state index in [1.165, 1.54) is 17.4 Å². The van der Waals surface area contributed by atoms with Gasteiger partial charge in [0.1, 0.15) is 29.4 Å². The number of carbonyl (C=O) groups is 9. The topological polar surface area (TPSA) is 345 Å². The van der Waals surface area contributed by atoms with Crippen LogP contribution in [-0.2, 0) is 56.1 Å². The Kier molecular flexibility index (Phi) is 29.1. The molecule has 24 nitrogen and oxygen atoms in total. The summed E-state index contributed by atoms with van der Waals surface area (Å²) in [5, 5.41) is 29.8. The number of hydrogen-bond donors (Lipinski definition) is 9. The Balaban J connectivity index is 1.46. The number of benzene rings is 2. The van der Waals surface area contributed by atoms with Gasteiger partial charge >= 0.3 is 24.1 Å². The Labute approximate surface area is 515 Å². The van der Waals surface area contributed by atoms with Crippen molar-refractivity contribution >= 4 is 76.3 Å². The minimum absolute atomic E-state index is 0.0113. The van der Waals surface area contributed by atoms with E-state index in [2.05, 4.69) is 42.8 Å². The molecule has 0 aliphatic carbocycles. The average Bonchev–Trinajstić information content (AvgIpc) is 3.41. The SMILES string of the molecule is C#CCCCON(C(=O)[C@@H](NC(=O)[C@H]1CCCCN1C)[C@@H](C)CC)[C@H](C[C@@H](OC(C)=O)c1nc(C(=O)N[C@@H](Cc2ccc(NC(=O)OCc3ccc(NC(=O)[C@H](CCCNC(N)=O)NC(=O)[C@@H](N)C(C)C)cc3)cc2)CC(C)(C)C(=O)O)cs1)C(C)C. The fourth-order valence-corrected chi connectivity index (χ4v) is 10.5. The number of aromatic nitrogens is 1. The molecule has 2 heterocycles. The number of carbonyl (C=O) groups excluding carboxylic acids is 8. The van der Waals surface area contributed by atoms with Crippen molar-refractivity contribution in [2.24, 2.45) is 34.6 Å². The number of likely N-dealkylation sites (tertiary alicyclic amines) is 1. The molecule has 3 aromatic rings. The van der Waals surface area contributed by atoms with Gasteiger partial charge in [0, 0.05) is 49.1 Å². The summed E-state index contributed by atoms with van der Waals surface area (Å²) in [6.07, 6.45) is 8.45. The summed E-state index contributed by atoms with van der Waals surface area (Å²) < 4.78 is 11.3. The number of likely N-dealkylation sites (N-methyl/N-ethyl adjacent to an activating group) is 1. The van der Waals surface area contributed by atoms with Crippen LogP contribution in [0.3, 0.4) is 0 Å². The van der Waals surface area contributed by atoms with Crippen LogP contribution in [0.4, 0.5) is 21.0 Å². The lowest BCUT2D eigenvalue weighted by Crippen LogP contribution is -2.58. The second kappa shape index (κ2) is 35.2. The highest BCUT2D eigenvalue weighted by atomic mass is 32.1. The van der Waals surface area contributed by atoms with Crippen molar-refractivity contribution < 1.29 is 62.6 Å². The number of ether oxygens (including phenoxy) is 2. The normalized spacial score (nSPS) is 15.9. The molecule has 8 amide bonds. The standard InChI is InChI=1S/C62H91N11O13S/c1-12-14-17-31-85-73(58(79)52(39(7)13-2)71-55(77)48-20-15-16-30-72(48)11)49(37(3)4)33-50(86-40(8)74)57-70-47(36-87-57)54(76)67-45(34-62(9,10)59(80)81)32-41-21-25-44(26-22-41)68-61(83)84-35-42-23-27-43(28-24-42)66-53(75)46(19-18-29-65-60(64)82)69-56(78)51(63)38(5)6/h1,21-28,36-39,45-46,48-52H,13-20,29-35,63H2,2-11H3,(H,66,75)(H,67,76)(H,68,83)(H,69,78)(H,71,77)(H,80,81)(H3,64,65,82)/t39-,45-,46-,48+,49+,50+,51-,52-/m0/s1. The monoisotopic (exact) mass is 1230 g/mol. The highest BCUT2D eigenvalue weighted by molar-refractivity contribution is 7.09. The van der Waals surface area contributed by atoms with E-state index in [9.17, 15) is 48.3 Å². The van der Waals surface area contributed by atoms with Crippen LogP contribution in [0.5, 0.6) is 0 Å². The molecule has 478 valence electrons. The molecule has 4 rings (SSSR count). The van der Waals surface area contributed by atoms with Crippen molar-refractivity contribution in [3.63, 3.8) is 0 Å². The number of carboxylic acid groups (broad SMARTS) is 1. The molecule has 0 spiro atoms. The van der Waals surface area contributed by atoms with Gasteiger partial charge in [0.2, 0.25) is 17.7 Å². The first-order chi connectivity index (χ1) is 41.1. The zero-order valence-electron chi connectivity index (χ0n) is 51.9. The van der Waals surface area contributed by atoms with Crippen LogP contribution < -0.4 is 43.4 Å². The summed E-state index contributed by atoms with van der Waals surface area (Å²) in [5.74, 6) is -2.15. The Morgan fingerprint density at radius 1 is 0.897 bits per heavy atom. The summed E-state index contributed by atoms with van der Waals surface area (Å²) in [6.45, 7) is 16.5. The molecule has 2 aromatic carbocycles. The van der Waals surface area contributed by atoms with Gasteiger partial charge in [0.15, 0.2) is 6.10 Å². The van der Waals surface area contributed by atoms with Crippen molar-refractivity contribution in [2.45, 2.75) is 182 Å². The number of amides is 8. The van der Waals surface area contributed by atoms with Crippen molar-refractivity contribution in [2.75, 3.05) is 37.4 Å². The lowest BCUT2D eigenvalue weighted by molar-refractivity contribution is -0.213. The number of nitrogens with one attached hydrogen (secondary N) is 6. The number of anilines is 2. The van der Waals surface area contributed by atoms with Crippen molar-refractivity contribution in [1.82, 2.24) is 36.2 Å². The largest absolute Gasteiger partial charge is 0.481 e. The number of thiazole rings is 1. The molecule has 0 radical (unpaired) electrons. The van der Waals surface area contributed by atoms with E-state index in [4.69, 9.17) is 32.2 Å². The third-order valence-electron chi connectivity index (χ3n) is 15.2. The first-order valence-electron chi connectivity index (χ1n) is 29.7. The molecule has 0 bridgehead atoms. The maximum absolute atomic E-state index is 14.9. The molecule has 8 atom stereocenters. The number of urea groups is 1. The van der Waals surface area contributed by atoms with Gasteiger partial charge in [0.25, 0.3) is 11.8 Å². The lowest BCUT2D eigenvalue weighted by atomic mass is 9.84. The first-order valence-corrected chi connectivity index (χ1v) is 30.6. The zero-order valence-corrected chi connectivity index (χ0v) is 52.7. The van der Waals surface area contributed by atoms with Crippen LogP contribution in [0.2, 0.25) is 0 Å². The van der Waals surface area contributed by atoms with Gasteiger partial charge in [0.05, 0.1) is 30.1 Å². The molecule has 1 fully saturated rings. The number of hydroxylamine groups is 2. The smallest absolute Gasteiger partial charge is 0.411 e. The van der Waals surface area contributed by atoms with Gasteiger partial charge in [-0.2, -0.15) is 0 Å². The molecular formula is C62H91N11O13S. The molecule has 1 aliphatic rings. The van der Waals surface area contributed by atoms with E-state index >= 15 is 0 Å². The molecule has 1 aromatic heterocycles. The molecule has 25 heteroatoms. The molecule has 1 saturated heterocycles.